The van der Waals surface area contributed by atoms with Gasteiger partial charge in [-0.15, -0.1) is 0 Å². The Morgan fingerprint density at radius 2 is 2.00 bits per heavy atom. The molecule has 1 fully saturated rings. The van der Waals surface area contributed by atoms with E-state index in [9.17, 15) is 23.5 Å². The van der Waals surface area contributed by atoms with E-state index in [-0.39, 0.29) is 17.1 Å². The number of halogens is 1. The maximum atomic E-state index is 14.7. The Kier molecular flexibility index (Phi) is 6.17. The molecule has 0 aromatic carbocycles. The quantitative estimate of drug-likeness (QED) is 0.315. The summed E-state index contributed by atoms with van der Waals surface area (Å²) in [6.07, 6.45) is -5.57. The van der Waals surface area contributed by atoms with Crippen molar-refractivity contribution in [1.29, 1.82) is 0 Å². The van der Waals surface area contributed by atoms with Gasteiger partial charge in [0.25, 0.3) is 0 Å². The highest BCUT2D eigenvalue weighted by Crippen LogP contribution is 2.57. The standard InChI is InChI=1S/C12H19FN6O9P2/c1-18(2)9-7-10(17-12(14)16-9)19(4-15-7)11-6(13)8(20)5(27-11)3-26-30(24,25)28-29(21,22)23/h4-6,8,11,20H,3H2,1-2H3,(H,24,25)(H2,14,16,17)(H2,21,22,23)/t5-,6+,8-,11-/m1/s1. The number of phosphoric acid groups is 2. The van der Waals surface area contributed by atoms with Crippen molar-refractivity contribution >= 4 is 38.6 Å². The van der Waals surface area contributed by atoms with Gasteiger partial charge in [-0.2, -0.15) is 14.3 Å². The Bertz CT molecular complexity index is 1030. The predicted molar refractivity (Wildman–Crippen MR) is 97.8 cm³/mol. The van der Waals surface area contributed by atoms with Crippen LogP contribution in [0.3, 0.4) is 0 Å². The summed E-state index contributed by atoms with van der Waals surface area (Å²) in [6.45, 7) is -0.904. The van der Waals surface area contributed by atoms with E-state index in [0.29, 0.717) is 5.82 Å². The number of alkyl halides is 1. The van der Waals surface area contributed by atoms with Crippen LogP contribution in [0.4, 0.5) is 16.2 Å². The van der Waals surface area contributed by atoms with Crippen LogP contribution in [0, 0.1) is 0 Å². The number of nitrogens with two attached hydrogens (primary N) is 1. The Balaban J connectivity index is 1.82. The van der Waals surface area contributed by atoms with Crippen molar-refractivity contribution in [2.45, 2.75) is 24.6 Å². The molecule has 1 aliphatic heterocycles. The minimum absolute atomic E-state index is 0.113. The summed E-state index contributed by atoms with van der Waals surface area (Å²) in [7, 11) is -7.15. The predicted octanol–water partition coefficient (Wildman–Crippen LogP) is -0.703. The lowest BCUT2D eigenvalue weighted by Crippen LogP contribution is -2.31. The largest absolute Gasteiger partial charge is 0.481 e. The van der Waals surface area contributed by atoms with Crippen LogP contribution in [0.5, 0.6) is 0 Å². The van der Waals surface area contributed by atoms with Gasteiger partial charge in [-0.25, -0.2) is 18.5 Å². The molecule has 0 amide bonds. The fourth-order valence-electron chi connectivity index (χ4n) is 2.81. The van der Waals surface area contributed by atoms with E-state index >= 15 is 0 Å². The first-order chi connectivity index (χ1) is 13.8. The third-order valence-corrected chi connectivity index (χ3v) is 6.18. The zero-order valence-electron chi connectivity index (χ0n) is 15.5. The monoisotopic (exact) mass is 472 g/mol. The first-order valence-electron chi connectivity index (χ1n) is 8.18. The SMILES string of the molecule is CN(C)c1nc(N)nc2c1ncn2[C@@H]1O[C@H](COP(=O)(O)OP(=O)(O)O)[C@@H](O)[C@@H]1F. The summed E-state index contributed by atoms with van der Waals surface area (Å²) in [6, 6.07) is 0. The second-order valence-corrected chi connectivity index (χ2v) is 9.29. The molecule has 0 spiro atoms. The van der Waals surface area contributed by atoms with Gasteiger partial charge in [0.1, 0.15) is 12.2 Å². The molecule has 3 heterocycles. The lowest BCUT2D eigenvalue weighted by Gasteiger charge is -2.18. The van der Waals surface area contributed by atoms with E-state index in [1.165, 1.54) is 10.9 Å². The summed E-state index contributed by atoms with van der Waals surface area (Å²) in [4.78, 5) is 40.3. The molecule has 5 atom stereocenters. The van der Waals surface area contributed by atoms with E-state index < -0.39 is 46.9 Å². The molecule has 1 unspecified atom stereocenters. The van der Waals surface area contributed by atoms with Gasteiger partial charge < -0.3 is 35.2 Å². The number of aliphatic hydroxyl groups excluding tert-OH is 1. The van der Waals surface area contributed by atoms with Gasteiger partial charge in [-0.3, -0.25) is 9.09 Å². The molecule has 18 heteroatoms. The third-order valence-electron chi connectivity index (χ3n) is 4.02. The summed E-state index contributed by atoms with van der Waals surface area (Å²) in [5.41, 5.74) is 6.10. The second kappa shape index (κ2) is 8.07. The van der Waals surface area contributed by atoms with E-state index in [1.807, 2.05) is 0 Å². The van der Waals surface area contributed by atoms with Gasteiger partial charge >= 0.3 is 15.6 Å². The smallest absolute Gasteiger partial charge is 0.387 e. The molecule has 2 aromatic heterocycles. The van der Waals surface area contributed by atoms with Gasteiger partial charge in [0.15, 0.2) is 29.4 Å². The van der Waals surface area contributed by atoms with Crippen molar-refractivity contribution in [3.8, 4) is 0 Å². The highest BCUT2D eigenvalue weighted by atomic mass is 31.3. The number of nitrogen functional groups attached to an aromatic ring is 1. The number of phosphoric ester groups is 1. The van der Waals surface area contributed by atoms with Crippen molar-refractivity contribution in [2.24, 2.45) is 0 Å². The molecular formula is C12H19FN6O9P2. The maximum absolute atomic E-state index is 14.7. The third kappa shape index (κ3) is 4.77. The fraction of sp³-hybridized carbons (Fsp3) is 0.583. The molecule has 15 nitrogen and oxygen atoms in total. The lowest BCUT2D eigenvalue weighted by atomic mass is 10.1. The zero-order valence-corrected chi connectivity index (χ0v) is 17.3. The van der Waals surface area contributed by atoms with Crippen LogP contribution in [0.2, 0.25) is 0 Å². The van der Waals surface area contributed by atoms with Crippen molar-refractivity contribution in [1.82, 2.24) is 19.5 Å². The van der Waals surface area contributed by atoms with Crippen LogP contribution < -0.4 is 10.6 Å². The fourth-order valence-corrected chi connectivity index (χ4v) is 4.41. The van der Waals surface area contributed by atoms with Crippen LogP contribution >= 0.6 is 15.6 Å². The average molecular weight is 472 g/mol. The molecular weight excluding hydrogens is 453 g/mol. The molecule has 0 saturated carbocycles. The normalized spacial score (nSPS) is 26.8. The van der Waals surface area contributed by atoms with Crippen molar-refractivity contribution in [2.75, 3.05) is 31.3 Å². The molecule has 30 heavy (non-hydrogen) atoms. The first kappa shape index (κ1) is 22.9. The number of nitrogens with zero attached hydrogens (tertiary/aromatic N) is 5. The van der Waals surface area contributed by atoms with Crippen molar-refractivity contribution in [3.63, 3.8) is 0 Å². The summed E-state index contributed by atoms with van der Waals surface area (Å²) in [5.74, 6) is 0.249. The van der Waals surface area contributed by atoms with Gasteiger partial charge in [-0.1, -0.05) is 0 Å². The molecule has 0 aliphatic carbocycles. The number of anilines is 2. The van der Waals surface area contributed by atoms with Gasteiger partial charge in [0.05, 0.1) is 12.9 Å². The number of aliphatic hydroxyl groups is 1. The lowest BCUT2D eigenvalue weighted by molar-refractivity contribution is -0.0450. The van der Waals surface area contributed by atoms with Gasteiger partial charge in [0.2, 0.25) is 5.95 Å². The molecule has 3 rings (SSSR count). The Labute approximate surface area is 168 Å². The molecule has 168 valence electrons. The Morgan fingerprint density at radius 1 is 1.33 bits per heavy atom. The van der Waals surface area contributed by atoms with Crippen molar-refractivity contribution < 1.29 is 46.9 Å². The van der Waals surface area contributed by atoms with Gasteiger partial charge in [-0.05, 0) is 0 Å². The Morgan fingerprint density at radius 3 is 2.60 bits per heavy atom. The van der Waals surface area contributed by atoms with E-state index in [4.69, 9.17) is 20.3 Å². The molecule has 6 N–H and O–H groups in total. The highest BCUT2D eigenvalue weighted by molar-refractivity contribution is 7.60. The van der Waals surface area contributed by atoms with Gasteiger partial charge in [0, 0.05) is 14.1 Å². The number of ether oxygens (including phenoxy) is 1. The highest BCUT2D eigenvalue weighted by Gasteiger charge is 2.47. The zero-order chi connectivity index (χ0) is 22.4. The minimum Gasteiger partial charge on any atom is -0.387 e. The first-order valence-corrected chi connectivity index (χ1v) is 11.2. The molecule has 1 saturated heterocycles. The number of fused-ring (bicyclic) bond motifs is 1. The van der Waals surface area contributed by atoms with E-state index in [2.05, 4.69) is 23.8 Å². The summed E-state index contributed by atoms with van der Waals surface area (Å²) >= 11 is 0. The minimum atomic E-state index is -5.33. The number of rotatable bonds is 7. The van der Waals surface area contributed by atoms with Crippen LogP contribution in [0.25, 0.3) is 11.2 Å². The topological polar surface area (TPSA) is 216 Å². The average Bonchev–Trinajstić information content (AvgIpc) is 3.12. The maximum Gasteiger partial charge on any atom is 0.481 e. The van der Waals surface area contributed by atoms with Crippen LogP contribution in [-0.2, 0) is 22.7 Å². The molecule has 2 aromatic rings. The number of aromatic nitrogens is 4. The van der Waals surface area contributed by atoms with Crippen molar-refractivity contribution in [3.05, 3.63) is 6.33 Å². The number of hydrogen-bond acceptors (Lipinski definition) is 11. The Hall–Kier alpha value is -1.74. The van der Waals surface area contributed by atoms with Crippen LogP contribution in [0.1, 0.15) is 6.23 Å². The summed E-state index contributed by atoms with van der Waals surface area (Å²) < 4.78 is 51.5. The second-order valence-electron chi connectivity index (χ2n) is 6.46. The van der Waals surface area contributed by atoms with Crippen LogP contribution in [0.15, 0.2) is 6.33 Å². The van der Waals surface area contributed by atoms with Crippen LogP contribution in [-0.4, -0.2) is 78.4 Å². The molecule has 0 bridgehead atoms. The number of hydrogen-bond donors (Lipinski definition) is 5. The number of imidazole rings is 1. The van der Waals surface area contributed by atoms with E-state index in [0.717, 1.165) is 0 Å². The van der Waals surface area contributed by atoms with E-state index in [1.54, 1.807) is 19.0 Å². The molecule has 0 radical (unpaired) electrons. The summed E-state index contributed by atoms with van der Waals surface area (Å²) in [5, 5.41) is 10.1. The molecule has 1 aliphatic rings.